The van der Waals surface area contributed by atoms with Crippen LogP contribution in [0.5, 0.6) is 0 Å². The van der Waals surface area contributed by atoms with Gasteiger partial charge in [0.1, 0.15) is 11.6 Å². The molecule has 2 aromatic heterocycles. The van der Waals surface area contributed by atoms with Crippen molar-refractivity contribution in [3.05, 3.63) is 48.1 Å². The van der Waals surface area contributed by atoms with Gasteiger partial charge in [0.05, 0.1) is 5.52 Å². The van der Waals surface area contributed by atoms with Gasteiger partial charge >= 0.3 is 0 Å². The largest absolute Gasteiger partial charge is 0.360 e. The maximum atomic E-state index is 9.09. The number of anilines is 1. The lowest BCUT2D eigenvalue weighted by molar-refractivity contribution is 0.881. The molecule has 2 N–H and O–H groups in total. The Morgan fingerprint density at radius 2 is 2.29 bits per heavy atom. The summed E-state index contributed by atoms with van der Waals surface area (Å²) in [6.07, 6.45) is 3.32. The number of benzene rings is 1. The van der Waals surface area contributed by atoms with Crippen molar-refractivity contribution in [2.24, 2.45) is 0 Å². The van der Waals surface area contributed by atoms with Gasteiger partial charge in [-0.3, -0.25) is 4.98 Å². The number of hydrogen-bond acceptors (Lipinski definition) is 6. The highest BCUT2D eigenvalue weighted by Crippen LogP contribution is 2.20. The molecule has 0 atom stereocenters. The van der Waals surface area contributed by atoms with E-state index in [1.54, 1.807) is 12.4 Å². The molecule has 0 aliphatic carbocycles. The number of H-pyrrole nitrogens is 1. The molecule has 3 rings (SSSR count). The second kappa shape index (κ2) is 5.38. The van der Waals surface area contributed by atoms with Crippen LogP contribution in [-0.4, -0.2) is 25.6 Å². The zero-order valence-electron chi connectivity index (χ0n) is 11.2. The van der Waals surface area contributed by atoms with Gasteiger partial charge in [0, 0.05) is 23.5 Å². The van der Waals surface area contributed by atoms with Crippen LogP contribution in [-0.2, 0) is 0 Å². The number of fused-ring (bicyclic) bond motifs is 1. The maximum Gasteiger partial charge on any atom is 0.216 e. The third kappa shape index (κ3) is 2.55. The average molecular weight is 277 g/mol. The van der Waals surface area contributed by atoms with Crippen LogP contribution in [0.3, 0.4) is 0 Å². The van der Waals surface area contributed by atoms with Crippen LogP contribution >= 0.6 is 0 Å². The van der Waals surface area contributed by atoms with Crippen molar-refractivity contribution in [1.29, 1.82) is 5.26 Å². The Kier molecular flexibility index (Phi) is 3.27. The van der Waals surface area contributed by atoms with Gasteiger partial charge in [0.25, 0.3) is 0 Å². The van der Waals surface area contributed by atoms with Crippen LogP contribution in [0, 0.1) is 18.3 Å². The van der Waals surface area contributed by atoms with E-state index in [0.29, 0.717) is 5.57 Å². The molecule has 0 bridgehead atoms. The molecular formula is C14H11N7. The lowest BCUT2D eigenvalue weighted by Crippen LogP contribution is -1.93. The number of allylic oxidation sites excluding steroid dienone is 1. The highest BCUT2D eigenvalue weighted by molar-refractivity contribution is 5.85. The first-order valence-electron chi connectivity index (χ1n) is 6.24. The normalized spacial score (nSPS) is 11.3. The van der Waals surface area contributed by atoms with Gasteiger partial charge < -0.3 is 5.32 Å². The van der Waals surface area contributed by atoms with Crippen LogP contribution < -0.4 is 5.32 Å². The van der Waals surface area contributed by atoms with E-state index in [1.165, 1.54) is 5.56 Å². The number of aromatic nitrogens is 5. The van der Waals surface area contributed by atoms with Crippen LogP contribution in [0.4, 0.5) is 5.69 Å². The zero-order valence-corrected chi connectivity index (χ0v) is 11.2. The van der Waals surface area contributed by atoms with E-state index in [0.717, 1.165) is 16.6 Å². The predicted octanol–water partition coefficient (Wildman–Crippen LogP) is 2.03. The fourth-order valence-electron chi connectivity index (χ4n) is 1.96. The minimum Gasteiger partial charge on any atom is -0.360 e. The molecule has 0 aliphatic rings. The topological polar surface area (TPSA) is 103 Å². The van der Waals surface area contributed by atoms with E-state index in [-0.39, 0.29) is 5.82 Å². The third-order valence-corrected chi connectivity index (χ3v) is 3.05. The Bertz CT molecular complexity index is 843. The maximum absolute atomic E-state index is 9.09. The van der Waals surface area contributed by atoms with Gasteiger partial charge in [-0.05, 0) is 35.9 Å². The zero-order chi connectivity index (χ0) is 14.7. The fraction of sp³-hybridized carbons (Fsp3) is 0.0714. The third-order valence-electron chi connectivity index (χ3n) is 3.05. The van der Waals surface area contributed by atoms with Crippen LogP contribution in [0.2, 0.25) is 0 Å². The number of nitrogens with zero attached hydrogens (tertiary/aromatic N) is 5. The molecular weight excluding hydrogens is 266 g/mol. The Morgan fingerprint density at radius 1 is 1.38 bits per heavy atom. The number of hydrogen-bond donors (Lipinski definition) is 2. The van der Waals surface area contributed by atoms with Gasteiger partial charge in [-0.2, -0.15) is 10.5 Å². The number of nitrogens with one attached hydrogen (secondary N) is 2. The minimum atomic E-state index is 0.250. The summed E-state index contributed by atoms with van der Waals surface area (Å²) in [5, 5.41) is 26.5. The molecule has 0 saturated heterocycles. The van der Waals surface area contributed by atoms with Crippen molar-refractivity contribution in [2.45, 2.75) is 6.92 Å². The van der Waals surface area contributed by atoms with Crippen LogP contribution in [0.25, 0.3) is 16.5 Å². The van der Waals surface area contributed by atoms with E-state index >= 15 is 0 Å². The molecule has 0 spiro atoms. The van der Waals surface area contributed by atoms with Gasteiger partial charge in [0.2, 0.25) is 5.82 Å². The molecule has 3 aromatic rings. The highest BCUT2D eigenvalue weighted by Gasteiger charge is 2.05. The van der Waals surface area contributed by atoms with Crippen LogP contribution in [0.15, 0.2) is 36.7 Å². The Balaban J connectivity index is 1.90. The van der Waals surface area contributed by atoms with Crippen molar-refractivity contribution in [2.75, 3.05) is 5.32 Å². The molecule has 7 nitrogen and oxygen atoms in total. The van der Waals surface area contributed by atoms with E-state index in [4.69, 9.17) is 5.26 Å². The Labute approximate surface area is 120 Å². The summed E-state index contributed by atoms with van der Waals surface area (Å²) in [6.45, 7) is 2.04. The minimum absolute atomic E-state index is 0.250. The monoisotopic (exact) mass is 277 g/mol. The molecule has 0 fully saturated rings. The van der Waals surface area contributed by atoms with Crippen LogP contribution in [0.1, 0.15) is 11.4 Å². The smallest absolute Gasteiger partial charge is 0.216 e. The molecule has 0 saturated carbocycles. The molecule has 0 unspecified atom stereocenters. The Hall–Kier alpha value is -3.27. The molecule has 0 aliphatic heterocycles. The summed E-state index contributed by atoms with van der Waals surface area (Å²) in [5.74, 6) is 0.250. The van der Waals surface area contributed by atoms with Gasteiger partial charge in [-0.1, -0.05) is 6.07 Å². The summed E-state index contributed by atoms with van der Waals surface area (Å²) in [5.41, 5.74) is 3.19. The number of tetrazole rings is 1. The van der Waals surface area contributed by atoms with E-state index in [2.05, 4.69) is 30.9 Å². The van der Waals surface area contributed by atoms with Crippen molar-refractivity contribution < 1.29 is 0 Å². The predicted molar refractivity (Wildman–Crippen MR) is 77.9 cm³/mol. The SMILES string of the molecule is Cc1ccnc2cc(NC=C(C#N)c3nn[nH]n3)ccc12. The molecule has 0 amide bonds. The second-order valence-electron chi connectivity index (χ2n) is 4.41. The lowest BCUT2D eigenvalue weighted by atomic mass is 10.1. The first-order chi connectivity index (χ1) is 10.3. The number of pyridine rings is 1. The Morgan fingerprint density at radius 3 is 3.05 bits per heavy atom. The molecule has 7 heteroatoms. The van der Waals surface area contributed by atoms with Crippen molar-refractivity contribution >= 4 is 22.2 Å². The van der Waals surface area contributed by atoms with E-state index in [9.17, 15) is 0 Å². The van der Waals surface area contributed by atoms with Crippen molar-refractivity contribution in [3.63, 3.8) is 0 Å². The van der Waals surface area contributed by atoms with Crippen molar-refractivity contribution in [1.82, 2.24) is 25.6 Å². The summed E-state index contributed by atoms with van der Waals surface area (Å²) < 4.78 is 0. The fourth-order valence-corrected chi connectivity index (χ4v) is 1.96. The quantitative estimate of drug-likeness (QED) is 0.710. The summed E-state index contributed by atoms with van der Waals surface area (Å²) in [4.78, 5) is 4.33. The van der Waals surface area contributed by atoms with Crippen molar-refractivity contribution in [3.8, 4) is 6.07 Å². The molecule has 102 valence electrons. The lowest BCUT2D eigenvalue weighted by Gasteiger charge is -2.05. The number of aryl methyl sites for hydroxylation is 1. The van der Waals surface area contributed by atoms with E-state index < -0.39 is 0 Å². The van der Waals surface area contributed by atoms with E-state index in [1.807, 2.05) is 37.3 Å². The second-order valence-corrected chi connectivity index (χ2v) is 4.41. The molecule has 21 heavy (non-hydrogen) atoms. The summed E-state index contributed by atoms with van der Waals surface area (Å²) in [6, 6.07) is 9.83. The number of nitriles is 1. The standard InChI is InChI=1S/C14H11N7/c1-9-4-5-16-13-6-11(2-3-12(9)13)17-8-10(7-15)14-18-20-21-19-14/h2-6,8,17H,1H3,(H,18,19,20,21). The molecule has 2 heterocycles. The molecule has 1 aromatic carbocycles. The summed E-state index contributed by atoms with van der Waals surface area (Å²) >= 11 is 0. The first kappa shape index (κ1) is 12.7. The van der Waals surface area contributed by atoms with Gasteiger partial charge in [-0.15, -0.1) is 10.2 Å². The first-order valence-corrected chi connectivity index (χ1v) is 6.24. The number of rotatable bonds is 3. The van der Waals surface area contributed by atoms with Gasteiger partial charge in [-0.25, -0.2) is 0 Å². The highest BCUT2D eigenvalue weighted by atomic mass is 15.5. The average Bonchev–Trinajstić information content (AvgIpc) is 3.02. The molecule has 0 radical (unpaired) electrons. The van der Waals surface area contributed by atoms with Gasteiger partial charge in [0.15, 0.2) is 0 Å². The summed E-state index contributed by atoms with van der Waals surface area (Å²) in [7, 11) is 0. The number of aromatic amines is 1.